The van der Waals surface area contributed by atoms with E-state index < -0.39 is 0 Å². The van der Waals surface area contributed by atoms with Crippen molar-refractivity contribution in [3.63, 3.8) is 0 Å². The van der Waals surface area contributed by atoms with Gasteiger partial charge in [-0.2, -0.15) is 0 Å². The Kier molecular flexibility index (Phi) is 5.85. The first-order chi connectivity index (χ1) is 11.6. The van der Waals surface area contributed by atoms with Crippen LogP contribution in [-0.4, -0.2) is 33.8 Å². The summed E-state index contributed by atoms with van der Waals surface area (Å²) in [4.78, 5) is 24.6. The van der Waals surface area contributed by atoms with Gasteiger partial charge in [0.15, 0.2) is 4.34 Å². The van der Waals surface area contributed by atoms with Gasteiger partial charge in [-0.15, -0.1) is 21.5 Å². The Bertz CT molecular complexity index is 722. The Morgan fingerprint density at radius 3 is 2.83 bits per heavy atom. The van der Waals surface area contributed by atoms with Gasteiger partial charge in [0.25, 0.3) is 5.91 Å². The first kappa shape index (κ1) is 17.4. The lowest BCUT2D eigenvalue weighted by Crippen LogP contribution is -2.33. The van der Waals surface area contributed by atoms with Crippen molar-refractivity contribution >= 4 is 51.4 Å². The van der Waals surface area contributed by atoms with Gasteiger partial charge in [0, 0.05) is 6.04 Å². The van der Waals surface area contributed by atoms with Gasteiger partial charge in [0.2, 0.25) is 11.0 Å². The molecule has 2 amide bonds. The third kappa shape index (κ3) is 4.78. The van der Waals surface area contributed by atoms with Crippen LogP contribution in [0.25, 0.3) is 0 Å². The van der Waals surface area contributed by atoms with Crippen molar-refractivity contribution in [2.45, 2.75) is 43.0 Å². The summed E-state index contributed by atoms with van der Waals surface area (Å²) in [6.45, 7) is 1.95. The molecule has 2 heterocycles. The zero-order chi connectivity index (χ0) is 16.9. The highest BCUT2D eigenvalue weighted by molar-refractivity contribution is 8.01. The lowest BCUT2D eigenvalue weighted by molar-refractivity contribution is -0.119. The summed E-state index contributed by atoms with van der Waals surface area (Å²) in [6.07, 6.45) is 4.55. The highest BCUT2D eigenvalue weighted by Crippen LogP contribution is 2.26. The van der Waals surface area contributed by atoms with Crippen LogP contribution in [0.3, 0.4) is 0 Å². The average molecular weight is 383 g/mol. The summed E-state index contributed by atoms with van der Waals surface area (Å²) >= 11 is 4.02. The summed E-state index contributed by atoms with van der Waals surface area (Å²) in [5, 5.41) is 16.1. The fourth-order valence-electron chi connectivity index (χ4n) is 2.49. The zero-order valence-corrected chi connectivity index (χ0v) is 15.7. The number of anilines is 1. The molecule has 0 aromatic carbocycles. The summed E-state index contributed by atoms with van der Waals surface area (Å²) in [5.41, 5.74) is 1.06. The van der Waals surface area contributed by atoms with Gasteiger partial charge in [0.05, 0.1) is 10.6 Å². The van der Waals surface area contributed by atoms with Crippen LogP contribution in [0, 0.1) is 6.92 Å². The molecule has 0 aliphatic heterocycles. The zero-order valence-electron chi connectivity index (χ0n) is 13.2. The van der Waals surface area contributed by atoms with Gasteiger partial charge in [-0.1, -0.05) is 35.9 Å². The third-order valence-electron chi connectivity index (χ3n) is 3.63. The molecule has 1 aliphatic rings. The van der Waals surface area contributed by atoms with E-state index in [2.05, 4.69) is 20.8 Å². The largest absolute Gasteiger partial charge is 0.353 e. The molecule has 24 heavy (non-hydrogen) atoms. The number of thiophene rings is 1. The van der Waals surface area contributed by atoms with Crippen LogP contribution in [0.5, 0.6) is 0 Å². The fourth-order valence-corrected chi connectivity index (χ4v) is 4.85. The molecule has 1 aliphatic carbocycles. The Balaban J connectivity index is 1.46. The van der Waals surface area contributed by atoms with Gasteiger partial charge in [-0.25, -0.2) is 0 Å². The minimum atomic E-state index is -0.181. The second-order valence-electron chi connectivity index (χ2n) is 5.65. The number of carbonyl (C=O) groups is 2. The van der Waals surface area contributed by atoms with E-state index in [0.717, 1.165) is 18.4 Å². The summed E-state index contributed by atoms with van der Waals surface area (Å²) < 4.78 is 0.675. The Labute approximate surface area is 152 Å². The van der Waals surface area contributed by atoms with E-state index in [1.165, 1.54) is 47.3 Å². The van der Waals surface area contributed by atoms with Crippen LogP contribution in [0.1, 0.15) is 40.9 Å². The summed E-state index contributed by atoms with van der Waals surface area (Å²) in [5.74, 6) is 0.171. The second-order valence-corrected chi connectivity index (χ2v) is 8.76. The quantitative estimate of drug-likeness (QED) is 0.591. The molecule has 2 aromatic heterocycles. The van der Waals surface area contributed by atoms with Crippen LogP contribution in [0.4, 0.5) is 5.13 Å². The van der Waals surface area contributed by atoms with E-state index in [4.69, 9.17) is 0 Å². The lowest BCUT2D eigenvalue weighted by Gasteiger charge is -2.10. The van der Waals surface area contributed by atoms with E-state index in [0.29, 0.717) is 26.1 Å². The molecule has 2 N–H and O–H groups in total. The maximum atomic E-state index is 12.1. The molecule has 2 aromatic rings. The Morgan fingerprint density at radius 2 is 2.12 bits per heavy atom. The third-order valence-corrected chi connectivity index (χ3v) is 6.65. The van der Waals surface area contributed by atoms with E-state index in [1.54, 1.807) is 0 Å². The number of aryl methyl sites for hydroxylation is 1. The second kappa shape index (κ2) is 8.09. The topological polar surface area (TPSA) is 84.0 Å². The van der Waals surface area contributed by atoms with Crippen LogP contribution in [-0.2, 0) is 4.79 Å². The number of amides is 2. The monoisotopic (exact) mass is 382 g/mol. The molecular weight excluding hydrogens is 364 g/mol. The van der Waals surface area contributed by atoms with Crippen molar-refractivity contribution in [3.8, 4) is 0 Å². The first-order valence-corrected chi connectivity index (χ1v) is 10.4. The summed E-state index contributed by atoms with van der Waals surface area (Å²) in [6, 6.07) is 2.17. The number of nitrogens with one attached hydrogen (secondary N) is 2. The standard InChI is InChI=1S/C15H18N4O2S3/c1-9-6-11(22-7-9)13(21)17-14-18-19-15(24-14)23-8-12(20)16-10-4-2-3-5-10/h6-7,10H,2-5,8H2,1H3,(H,16,20)(H,17,18,21). The van der Waals surface area contributed by atoms with Gasteiger partial charge < -0.3 is 5.32 Å². The van der Waals surface area contributed by atoms with Crippen LogP contribution < -0.4 is 10.6 Å². The van der Waals surface area contributed by atoms with Gasteiger partial charge >= 0.3 is 0 Å². The molecule has 6 nitrogen and oxygen atoms in total. The molecule has 0 radical (unpaired) electrons. The van der Waals surface area contributed by atoms with Gasteiger partial charge in [-0.3, -0.25) is 14.9 Å². The lowest BCUT2D eigenvalue weighted by atomic mass is 10.2. The molecule has 1 fully saturated rings. The molecule has 128 valence electrons. The Hall–Kier alpha value is -1.45. The molecular formula is C15H18N4O2S3. The Morgan fingerprint density at radius 1 is 1.33 bits per heavy atom. The number of aromatic nitrogens is 2. The van der Waals surface area contributed by atoms with Crippen molar-refractivity contribution in [1.82, 2.24) is 15.5 Å². The maximum absolute atomic E-state index is 12.1. The number of thioether (sulfide) groups is 1. The fraction of sp³-hybridized carbons (Fsp3) is 0.467. The molecule has 1 saturated carbocycles. The predicted molar refractivity (Wildman–Crippen MR) is 98.0 cm³/mol. The normalized spacial score (nSPS) is 14.7. The van der Waals surface area contributed by atoms with E-state index >= 15 is 0 Å². The molecule has 0 saturated heterocycles. The highest BCUT2D eigenvalue weighted by Gasteiger charge is 2.18. The molecule has 0 spiro atoms. The predicted octanol–water partition coefficient (Wildman–Crippen LogP) is 3.31. The average Bonchev–Trinajstić information content (AvgIpc) is 3.27. The van der Waals surface area contributed by atoms with Crippen LogP contribution >= 0.6 is 34.4 Å². The van der Waals surface area contributed by atoms with Crippen LogP contribution in [0.2, 0.25) is 0 Å². The molecule has 3 rings (SSSR count). The number of nitrogens with zero attached hydrogens (tertiary/aromatic N) is 2. The van der Waals surface area contributed by atoms with Crippen molar-refractivity contribution in [2.75, 3.05) is 11.1 Å². The van der Waals surface area contributed by atoms with Crippen molar-refractivity contribution < 1.29 is 9.59 Å². The van der Waals surface area contributed by atoms with Crippen molar-refractivity contribution in [1.29, 1.82) is 0 Å². The SMILES string of the molecule is Cc1csc(C(=O)Nc2nnc(SCC(=O)NC3CCCC3)s2)c1. The van der Waals surface area contributed by atoms with E-state index in [-0.39, 0.29) is 11.8 Å². The minimum absolute atomic E-state index is 0.0294. The maximum Gasteiger partial charge on any atom is 0.267 e. The molecule has 0 atom stereocenters. The van der Waals surface area contributed by atoms with Crippen LogP contribution in [0.15, 0.2) is 15.8 Å². The molecule has 0 bridgehead atoms. The van der Waals surface area contributed by atoms with Crippen molar-refractivity contribution in [3.05, 3.63) is 21.9 Å². The smallest absolute Gasteiger partial charge is 0.267 e. The first-order valence-electron chi connectivity index (χ1n) is 7.72. The minimum Gasteiger partial charge on any atom is -0.353 e. The number of hydrogen-bond acceptors (Lipinski definition) is 7. The van der Waals surface area contributed by atoms with E-state index in [9.17, 15) is 9.59 Å². The molecule has 0 unspecified atom stereocenters. The number of hydrogen-bond donors (Lipinski definition) is 2. The number of carbonyl (C=O) groups excluding carboxylic acids is 2. The highest BCUT2D eigenvalue weighted by atomic mass is 32.2. The molecule has 9 heteroatoms. The van der Waals surface area contributed by atoms with E-state index in [1.807, 2.05) is 18.4 Å². The number of rotatable bonds is 6. The van der Waals surface area contributed by atoms with Crippen molar-refractivity contribution in [2.24, 2.45) is 0 Å². The summed E-state index contributed by atoms with van der Waals surface area (Å²) in [7, 11) is 0. The van der Waals surface area contributed by atoms with Gasteiger partial charge in [0.1, 0.15) is 0 Å². The van der Waals surface area contributed by atoms with Gasteiger partial charge in [-0.05, 0) is 36.8 Å².